The maximum atomic E-state index is 11.9. The number of rotatable bonds is 11. The molecule has 121 valence electrons. The van der Waals surface area contributed by atoms with Crippen molar-refractivity contribution in [3.05, 3.63) is 29.8 Å². The first-order valence-electron chi connectivity index (χ1n) is 7.74. The minimum absolute atomic E-state index is 0.0418. The number of nitrogens with two attached hydrogens (primary N) is 1. The highest BCUT2D eigenvalue weighted by Crippen LogP contribution is 2.19. The molecule has 0 bridgehead atoms. The molecule has 1 rings (SSSR count). The predicted octanol–water partition coefficient (Wildman–Crippen LogP) is 2.31. The fraction of sp³-hybridized carbons (Fsp3) is 0.562. The Morgan fingerprint density at radius 3 is 2.59 bits per heavy atom. The van der Waals surface area contributed by atoms with Gasteiger partial charge >= 0.3 is 13.5 Å². The first kappa shape index (κ1) is 18.5. The quantitative estimate of drug-likeness (QED) is 0.294. The summed E-state index contributed by atoms with van der Waals surface area (Å²) in [4.78, 5) is 11.9. The Balaban J connectivity index is 2.58. The van der Waals surface area contributed by atoms with Crippen molar-refractivity contribution in [2.75, 3.05) is 19.9 Å². The van der Waals surface area contributed by atoms with Crippen LogP contribution in [-0.4, -0.2) is 33.4 Å². The van der Waals surface area contributed by atoms with E-state index in [1.807, 2.05) is 24.3 Å². The normalized spacial score (nSPS) is 11.8. The van der Waals surface area contributed by atoms with Gasteiger partial charge in [-0.3, -0.25) is 4.79 Å². The van der Waals surface area contributed by atoms with E-state index < -0.39 is 5.82 Å². The summed E-state index contributed by atoms with van der Waals surface area (Å²) < 4.78 is 15.7. The fourth-order valence-electron chi connectivity index (χ4n) is 1.92. The maximum absolute atomic E-state index is 11.9. The molecule has 0 fully saturated rings. The Morgan fingerprint density at radius 2 is 2.00 bits per heavy atom. The number of carbonyl (C=O) groups is 1. The smallest absolute Gasteiger partial charge is 0.309 e. The van der Waals surface area contributed by atoms with Gasteiger partial charge in [-0.15, -0.1) is 0 Å². The summed E-state index contributed by atoms with van der Waals surface area (Å²) >= 11 is 0. The summed E-state index contributed by atoms with van der Waals surface area (Å²) in [5.74, 6) is 0.0710. The van der Waals surface area contributed by atoms with E-state index in [9.17, 15) is 4.79 Å². The molecule has 0 aromatic heterocycles. The van der Waals surface area contributed by atoms with Gasteiger partial charge in [-0.05, 0) is 37.5 Å². The minimum Gasteiger partial charge on any atom is -0.494 e. The molecule has 0 saturated heterocycles. The molecule has 0 aliphatic rings. The highest BCUT2D eigenvalue weighted by Gasteiger charge is 2.22. The van der Waals surface area contributed by atoms with Crippen molar-refractivity contribution in [3.63, 3.8) is 0 Å². The summed E-state index contributed by atoms with van der Waals surface area (Å²) in [6.45, 7) is 5.01. The van der Waals surface area contributed by atoms with Crippen molar-refractivity contribution in [1.29, 1.82) is 0 Å². The van der Waals surface area contributed by atoms with Gasteiger partial charge in [0, 0.05) is 0 Å². The Hall–Kier alpha value is -1.53. The van der Waals surface area contributed by atoms with E-state index in [4.69, 9.17) is 19.9 Å². The zero-order valence-electron chi connectivity index (χ0n) is 13.4. The Morgan fingerprint density at radius 1 is 1.27 bits per heavy atom. The molecule has 1 atom stereocenters. The van der Waals surface area contributed by atoms with Crippen LogP contribution in [0.5, 0.6) is 5.75 Å². The summed E-state index contributed by atoms with van der Waals surface area (Å²) in [6.07, 6.45) is 2.66. The number of ether oxygens (including phenoxy) is 2. The van der Waals surface area contributed by atoms with E-state index in [1.165, 1.54) is 7.48 Å². The van der Waals surface area contributed by atoms with E-state index in [2.05, 4.69) is 6.92 Å². The second-order valence-corrected chi connectivity index (χ2v) is 4.88. The zero-order chi connectivity index (χ0) is 16.2. The molecule has 22 heavy (non-hydrogen) atoms. The molecule has 1 aromatic carbocycles. The van der Waals surface area contributed by atoms with E-state index in [-0.39, 0.29) is 12.7 Å². The van der Waals surface area contributed by atoms with Crippen LogP contribution < -0.4 is 10.5 Å². The van der Waals surface area contributed by atoms with Crippen molar-refractivity contribution in [1.82, 2.24) is 0 Å². The van der Waals surface area contributed by atoms with Gasteiger partial charge in [0.2, 0.25) is 0 Å². The number of benzene rings is 1. The van der Waals surface area contributed by atoms with Crippen molar-refractivity contribution in [3.8, 4) is 5.75 Å². The predicted molar refractivity (Wildman–Crippen MR) is 86.8 cm³/mol. The lowest BCUT2D eigenvalue weighted by molar-refractivity contribution is -0.143. The Bertz CT molecular complexity index is 425. The number of esters is 1. The van der Waals surface area contributed by atoms with Crippen LogP contribution in [-0.2, 0) is 20.6 Å². The molecule has 5 nitrogen and oxygen atoms in total. The van der Waals surface area contributed by atoms with Crippen LogP contribution in [0.3, 0.4) is 0 Å². The van der Waals surface area contributed by atoms with Gasteiger partial charge < -0.3 is 19.9 Å². The summed E-state index contributed by atoms with van der Waals surface area (Å²) in [7, 11) is 1.45. The number of unbranched alkanes of at least 4 members (excludes halogenated alkanes) is 1. The van der Waals surface area contributed by atoms with E-state index in [0.717, 1.165) is 30.8 Å². The summed E-state index contributed by atoms with van der Waals surface area (Å²) in [5.41, 5.74) is 6.31. The van der Waals surface area contributed by atoms with Crippen LogP contribution in [0.2, 0.25) is 5.82 Å². The number of hydrogen-bond acceptors (Lipinski definition) is 5. The van der Waals surface area contributed by atoms with Gasteiger partial charge in [-0.2, -0.15) is 0 Å². The largest absolute Gasteiger partial charge is 0.494 e. The van der Waals surface area contributed by atoms with Crippen LogP contribution in [0.25, 0.3) is 0 Å². The molecule has 0 heterocycles. The second kappa shape index (κ2) is 11.1. The topological polar surface area (TPSA) is 70.8 Å². The highest BCUT2D eigenvalue weighted by molar-refractivity contribution is 6.36. The molecule has 0 aliphatic carbocycles. The molecule has 1 radical (unpaired) electrons. The molecule has 0 saturated carbocycles. The van der Waals surface area contributed by atoms with Crippen molar-refractivity contribution in [2.24, 2.45) is 5.73 Å². The monoisotopic (exact) mass is 306 g/mol. The molecule has 0 aliphatic heterocycles. The van der Waals surface area contributed by atoms with E-state index >= 15 is 0 Å². The lowest BCUT2D eigenvalue weighted by atomic mass is 9.76. The SMILES string of the molecule is CCCCOc1ccc(C[C@H]([B]OCN)C(=O)OCC)cc1. The van der Waals surface area contributed by atoms with Crippen LogP contribution in [0.15, 0.2) is 24.3 Å². The molecule has 0 spiro atoms. The fourth-order valence-corrected chi connectivity index (χ4v) is 1.92. The van der Waals surface area contributed by atoms with Gasteiger partial charge in [0.25, 0.3) is 0 Å². The van der Waals surface area contributed by atoms with Gasteiger partial charge in [0.1, 0.15) is 5.75 Å². The molecule has 0 amide bonds. The van der Waals surface area contributed by atoms with Crippen LogP contribution >= 0.6 is 0 Å². The van der Waals surface area contributed by atoms with Crippen molar-refractivity contribution >= 4 is 13.5 Å². The van der Waals surface area contributed by atoms with Crippen LogP contribution in [0.1, 0.15) is 32.3 Å². The van der Waals surface area contributed by atoms with E-state index in [1.54, 1.807) is 6.92 Å². The van der Waals surface area contributed by atoms with Gasteiger partial charge in [0.15, 0.2) is 0 Å². The first-order chi connectivity index (χ1) is 10.7. The minimum atomic E-state index is -0.463. The third-order valence-electron chi connectivity index (χ3n) is 3.09. The lowest BCUT2D eigenvalue weighted by Crippen LogP contribution is -2.24. The number of carbonyl (C=O) groups excluding carboxylic acids is 1. The highest BCUT2D eigenvalue weighted by atomic mass is 16.5. The molecule has 0 unspecified atom stereocenters. The molecular formula is C16H25BNO4. The van der Waals surface area contributed by atoms with Crippen molar-refractivity contribution in [2.45, 2.75) is 38.9 Å². The summed E-state index contributed by atoms with van der Waals surface area (Å²) in [6, 6.07) is 7.72. The van der Waals surface area contributed by atoms with Crippen LogP contribution in [0.4, 0.5) is 0 Å². The van der Waals surface area contributed by atoms with Gasteiger partial charge in [-0.1, -0.05) is 25.5 Å². The second-order valence-electron chi connectivity index (χ2n) is 4.88. The molecule has 2 N–H and O–H groups in total. The van der Waals surface area contributed by atoms with Gasteiger partial charge in [0.05, 0.1) is 25.8 Å². The number of hydrogen-bond donors (Lipinski definition) is 1. The third kappa shape index (κ3) is 6.96. The van der Waals surface area contributed by atoms with Gasteiger partial charge in [-0.25, -0.2) is 0 Å². The van der Waals surface area contributed by atoms with Crippen LogP contribution in [0, 0.1) is 0 Å². The lowest BCUT2D eigenvalue weighted by Gasteiger charge is -2.14. The Labute approximate surface area is 133 Å². The van der Waals surface area contributed by atoms with E-state index in [0.29, 0.717) is 13.0 Å². The molecule has 6 heteroatoms. The third-order valence-corrected chi connectivity index (χ3v) is 3.09. The average Bonchev–Trinajstić information content (AvgIpc) is 2.53. The molecular weight excluding hydrogens is 281 g/mol. The van der Waals surface area contributed by atoms with Crippen molar-refractivity contribution < 1.29 is 18.9 Å². The zero-order valence-corrected chi connectivity index (χ0v) is 13.4. The standard InChI is InChI=1S/C16H25BNO4/c1-3-5-10-21-14-8-6-13(7-9-14)11-15(17-22-12-18)16(19)20-4-2/h6-9,15H,3-5,10-12,18H2,1-2H3/t15-/m0/s1. The Kier molecular flexibility index (Phi) is 9.34. The first-order valence-corrected chi connectivity index (χ1v) is 7.74. The molecule has 1 aromatic rings. The maximum Gasteiger partial charge on any atom is 0.309 e. The average molecular weight is 306 g/mol. The summed E-state index contributed by atoms with van der Waals surface area (Å²) in [5, 5.41) is 0.